The summed E-state index contributed by atoms with van der Waals surface area (Å²) in [6.07, 6.45) is -0.000864. The number of benzene rings is 2. The molecule has 0 heterocycles. The molecule has 0 aliphatic heterocycles. The highest BCUT2D eigenvalue weighted by Crippen LogP contribution is 2.21. The number of carbonyl (C=O) groups excluding carboxylic acids is 2. The third-order valence-electron chi connectivity index (χ3n) is 3.27. The van der Waals surface area contributed by atoms with Crippen molar-refractivity contribution in [2.75, 3.05) is 5.32 Å². The number of amides is 1. The minimum Gasteiger partial charge on any atom is -0.507 e. The van der Waals surface area contributed by atoms with Crippen LogP contribution in [-0.2, 0) is 11.3 Å². The van der Waals surface area contributed by atoms with Crippen LogP contribution in [0.1, 0.15) is 27.0 Å². The minimum absolute atomic E-state index is 0.0101. The maximum Gasteiger partial charge on any atom is 0.411 e. The molecule has 5 heteroatoms. The Hall–Kier alpha value is -2.82. The molecule has 0 fully saturated rings. The first kappa shape index (κ1) is 15.6. The van der Waals surface area contributed by atoms with Gasteiger partial charge in [0, 0.05) is 5.69 Å². The van der Waals surface area contributed by atoms with E-state index < -0.39 is 6.09 Å². The monoisotopic (exact) mass is 299 g/mol. The van der Waals surface area contributed by atoms with Crippen molar-refractivity contribution in [2.45, 2.75) is 20.5 Å². The largest absolute Gasteiger partial charge is 0.507 e. The number of phenols is 1. The van der Waals surface area contributed by atoms with Gasteiger partial charge in [-0.3, -0.25) is 10.1 Å². The number of aromatic hydroxyl groups is 1. The van der Waals surface area contributed by atoms with Crippen molar-refractivity contribution in [3.8, 4) is 5.75 Å². The molecule has 0 unspecified atom stereocenters. The van der Waals surface area contributed by atoms with E-state index >= 15 is 0 Å². The van der Waals surface area contributed by atoms with Crippen molar-refractivity contribution in [1.82, 2.24) is 0 Å². The minimum atomic E-state index is -0.581. The molecule has 0 spiro atoms. The fourth-order valence-corrected chi connectivity index (χ4v) is 1.95. The summed E-state index contributed by atoms with van der Waals surface area (Å²) in [4.78, 5) is 22.5. The summed E-state index contributed by atoms with van der Waals surface area (Å²) < 4.78 is 5.12. The summed E-state index contributed by atoms with van der Waals surface area (Å²) in [6.45, 7) is 3.75. The van der Waals surface area contributed by atoms with Crippen LogP contribution >= 0.6 is 0 Å². The standard InChI is InChI=1S/C17H17NO4/c1-11-3-5-15(6-4-11)18-17(21)22-10-14-8-16(20)13(9-19)7-12(14)2/h3-9,20H,10H2,1-2H3,(H,18,21). The normalized spacial score (nSPS) is 10.1. The Labute approximate surface area is 128 Å². The summed E-state index contributed by atoms with van der Waals surface area (Å²) in [5.41, 5.74) is 3.36. The molecular formula is C17H17NO4. The van der Waals surface area contributed by atoms with Crippen molar-refractivity contribution in [3.63, 3.8) is 0 Å². The zero-order chi connectivity index (χ0) is 16.1. The molecule has 5 nitrogen and oxygen atoms in total. The summed E-state index contributed by atoms with van der Waals surface area (Å²) in [7, 11) is 0. The second kappa shape index (κ2) is 6.76. The molecule has 0 aliphatic rings. The topological polar surface area (TPSA) is 75.6 Å². The molecule has 0 aliphatic carbocycles. The van der Waals surface area contributed by atoms with E-state index in [0.717, 1.165) is 11.1 Å². The third kappa shape index (κ3) is 3.85. The number of nitrogens with one attached hydrogen (secondary N) is 1. The molecule has 0 saturated carbocycles. The number of rotatable bonds is 4. The van der Waals surface area contributed by atoms with Crippen LogP contribution in [0.4, 0.5) is 10.5 Å². The van der Waals surface area contributed by atoms with Crippen LogP contribution < -0.4 is 5.32 Å². The van der Waals surface area contributed by atoms with Gasteiger partial charge in [0.1, 0.15) is 12.4 Å². The first-order chi connectivity index (χ1) is 10.5. The molecule has 1 amide bonds. The van der Waals surface area contributed by atoms with E-state index in [1.54, 1.807) is 25.1 Å². The van der Waals surface area contributed by atoms with Crippen LogP contribution in [0, 0.1) is 13.8 Å². The van der Waals surface area contributed by atoms with Crippen LogP contribution in [0.3, 0.4) is 0 Å². The maximum absolute atomic E-state index is 11.7. The molecule has 2 N–H and O–H groups in total. The number of hydrogen-bond donors (Lipinski definition) is 2. The van der Waals surface area contributed by atoms with Gasteiger partial charge in [0.15, 0.2) is 6.29 Å². The summed E-state index contributed by atoms with van der Waals surface area (Å²) in [5.74, 6) is -0.127. The van der Waals surface area contributed by atoms with Gasteiger partial charge in [0.05, 0.1) is 5.56 Å². The van der Waals surface area contributed by atoms with E-state index in [1.807, 2.05) is 19.1 Å². The first-order valence-corrected chi connectivity index (χ1v) is 6.77. The number of phenolic OH excluding ortho intramolecular Hbond substituents is 1. The van der Waals surface area contributed by atoms with Gasteiger partial charge in [-0.05, 0) is 49.2 Å². The lowest BCUT2D eigenvalue weighted by atomic mass is 10.1. The zero-order valence-electron chi connectivity index (χ0n) is 12.4. The molecule has 2 aromatic rings. The quantitative estimate of drug-likeness (QED) is 0.846. The van der Waals surface area contributed by atoms with Crippen LogP contribution in [0.25, 0.3) is 0 Å². The molecule has 0 aromatic heterocycles. The number of aryl methyl sites for hydroxylation is 2. The van der Waals surface area contributed by atoms with Gasteiger partial charge in [0.25, 0.3) is 0 Å². The predicted molar refractivity (Wildman–Crippen MR) is 83.2 cm³/mol. The average molecular weight is 299 g/mol. The van der Waals surface area contributed by atoms with Gasteiger partial charge in [-0.2, -0.15) is 0 Å². The number of hydrogen-bond acceptors (Lipinski definition) is 4. The van der Waals surface area contributed by atoms with Gasteiger partial charge < -0.3 is 9.84 Å². The molecule has 2 aromatic carbocycles. The highest BCUT2D eigenvalue weighted by atomic mass is 16.5. The summed E-state index contributed by atoms with van der Waals surface area (Å²) in [6, 6.07) is 10.3. The maximum atomic E-state index is 11.7. The second-order valence-electron chi connectivity index (χ2n) is 5.02. The SMILES string of the molecule is Cc1ccc(NC(=O)OCc2cc(O)c(C=O)cc2C)cc1. The molecule has 0 saturated heterocycles. The molecule has 0 bridgehead atoms. The van der Waals surface area contributed by atoms with Crippen molar-refractivity contribution in [1.29, 1.82) is 0 Å². The van der Waals surface area contributed by atoms with E-state index in [9.17, 15) is 14.7 Å². The van der Waals surface area contributed by atoms with Crippen LogP contribution in [0.2, 0.25) is 0 Å². The fraction of sp³-hybridized carbons (Fsp3) is 0.176. The lowest BCUT2D eigenvalue weighted by molar-refractivity contribution is 0.112. The van der Waals surface area contributed by atoms with E-state index in [2.05, 4.69) is 5.32 Å². The second-order valence-corrected chi connectivity index (χ2v) is 5.02. The number of anilines is 1. The number of carbonyl (C=O) groups is 2. The lowest BCUT2D eigenvalue weighted by Crippen LogP contribution is -2.13. The highest BCUT2D eigenvalue weighted by molar-refractivity contribution is 5.84. The van der Waals surface area contributed by atoms with E-state index in [1.165, 1.54) is 6.07 Å². The first-order valence-electron chi connectivity index (χ1n) is 6.77. The van der Waals surface area contributed by atoms with E-state index in [-0.39, 0.29) is 17.9 Å². The van der Waals surface area contributed by atoms with Crippen molar-refractivity contribution in [2.24, 2.45) is 0 Å². The summed E-state index contributed by atoms with van der Waals surface area (Å²) in [5, 5.41) is 12.3. The van der Waals surface area contributed by atoms with Crippen LogP contribution in [-0.4, -0.2) is 17.5 Å². The molecule has 2 rings (SSSR count). The number of aldehydes is 1. The smallest absolute Gasteiger partial charge is 0.411 e. The Kier molecular flexibility index (Phi) is 4.78. The predicted octanol–water partition coefficient (Wildman–Crippen LogP) is 3.57. The van der Waals surface area contributed by atoms with Crippen molar-refractivity contribution >= 4 is 18.1 Å². The average Bonchev–Trinajstić information content (AvgIpc) is 2.50. The van der Waals surface area contributed by atoms with Gasteiger partial charge in [-0.1, -0.05) is 17.7 Å². The van der Waals surface area contributed by atoms with Crippen LogP contribution in [0.15, 0.2) is 36.4 Å². The number of ether oxygens (including phenoxy) is 1. The van der Waals surface area contributed by atoms with Gasteiger partial charge in [-0.15, -0.1) is 0 Å². The molecule has 22 heavy (non-hydrogen) atoms. The highest BCUT2D eigenvalue weighted by Gasteiger charge is 2.09. The van der Waals surface area contributed by atoms with E-state index in [4.69, 9.17) is 4.74 Å². The Balaban J connectivity index is 1.97. The molecule has 0 atom stereocenters. The Morgan fingerprint density at radius 2 is 1.91 bits per heavy atom. The fourth-order valence-electron chi connectivity index (χ4n) is 1.95. The zero-order valence-corrected chi connectivity index (χ0v) is 12.4. The molecular weight excluding hydrogens is 282 g/mol. The summed E-state index contributed by atoms with van der Waals surface area (Å²) >= 11 is 0. The van der Waals surface area contributed by atoms with E-state index in [0.29, 0.717) is 17.5 Å². The van der Waals surface area contributed by atoms with Gasteiger partial charge >= 0.3 is 6.09 Å². The van der Waals surface area contributed by atoms with Crippen molar-refractivity contribution < 1.29 is 19.4 Å². The Morgan fingerprint density at radius 1 is 1.23 bits per heavy atom. The van der Waals surface area contributed by atoms with Gasteiger partial charge in [-0.25, -0.2) is 4.79 Å². The van der Waals surface area contributed by atoms with Crippen LogP contribution in [0.5, 0.6) is 5.75 Å². The van der Waals surface area contributed by atoms with Gasteiger partial charge in [0.2, 0.25) is 0 Å². The Morgan fingerprint density at radius 3 is 2.55 bits per heavy atom. The third-order valence-corrected chi connectivity index (χ3v) is 3.27. The Bertz CT molecular complexity index is 693. The molecule has 114 valence electrons. The van der Waals surface area contributed by atoms with Crippen molar-refractivity contribution in [3.05, 3.63) is 58.7 Å². The lowest BCUT2D eigenvalue weighted by Gasteiger charge is -2.10. The molecule has 0 radical (unpaired) electrons.